The van der Waals surface area contributed by atoms with E-state index >= 15 is 0 Å². The molecule has 0 saturated heterocycles. The molecular weight excluding hydrogens is 332 g/mol. The zero-order chi connectivity index (χ0) is 17.9. The summed E-state index contributed by atoms with van der Waals surface area (Å²) in [6.45, 7) is 6.71. The topological polar surface area (TPSA) is 18.5 Å². The Balaban J connectivity index is 1.62. The summed E-state index contributed by atoms with van der Waals surface area (Å²) < 4.78 is 12.8. The first-order chi connectivity index (χ1) is 11.9. The number of rotatable bonds is 4. The molecule has 3 rings (SSSR count). The first-order valence-corrected chi connectivity index (χ1v) is 10.4. The van der Waals surface area contributed by atoms with Gasteiger partial charge in [-0.25, -0.2) is 0 Å². The van der Waals surface area contributed by atoms with Crippen molar-refractivity contribution >= 4 is 11.6 Å². The summed E-state index contributed by atoms with van der Waals surface area (Å²) in [7, 11) is 0. The molecule has 0 spiro atoms. The van der Waals surface area contributed by atoms with Crippen molar-refractivity contribution in [3.05, 3.63) is 29.8 Å². The van der Waals surface area contributed by atoms with E-state index in [1.54, 1.807) is 0 Å². The summed E-state index contributed by atoms with van der Waals surface area (Å²) in [5, 5.41) is 0.169. The van der Waals surface area contributed by atoms with Crippen molar-refractivity contribution in [1.82, 2.24) is 0 Å². The average molecular weight is 365 g/mol. The standard InChI is InChI=1S/C22H33ClO2/c1-22(2,3)16-12-14-17(15-13-16)24-20-10-6-7-11-21(20)25-19-9-5-4-8-18(19)23/h12-15,18-21H,4-11H2,1-3H3. The third-order valence-corrected chi connectivity index (χ3v) is 6.12. The highest BCUT2D eigenvalue weighted by atomic mass is 35.5. The van der Waals surface area contributed by atoms with Gasteiger partial charge in [-0.1, -0.05) is 52.2 Å². The van der Waals surface area contributed by atoms with Crippen LogP contribution in [0.4, 0.5) is 0 Å². The van der Waals surface area contributed by atoms with E-state index in [4.69, 9.17) is 21.1 Å². The summed E-state index contributed by atoms with van der Waals surface area (Å²) >= 11 is 6.50. The highest BCUT2D eigenvalue weighted by molar-refractivity contribution is 6.21. The third kappa shape index (κ3) is 5.14. The van der Waals surface area contributed by atoms with Crippen LogP contribution in [-0.4, -0.2) is 23.7 Å². The van der Waals surface area contributed by atoms with Crippen molar-refractivity contribution in [2.75, 3.05) is 0 Å². The maximum atomic E-state index is 6.50. The van der Waals surface area contributed by atoms with E-state index in [0.29, 0.717) is 0 Å². The number of halogens is 1. The predicted molar refractivity (Wildman–Crippen MR) is 105 cm³/mol. The molecule has 0 amide bonds. The van der Waals surface area contributed by atoms with E-state index in [9.17, 15) is 0 Å². The molecule has 4 atom stereocenters. The molecule has 3 heteroatoms. The van der Waals surface area contributed by atoms with Crippen LogP contribution in [0.2, 0.25) is 0 Å². The Morgan fingerprint density at radius 2 is 1.36 bits per heavy atom. The number of alkyl halides is 1. The van der Waals surface area contributed by atoms with Gasteiger partial charge in [0.25, 0.3) is 0 Å². The Hall–Kier alpha value is -0.730. The lowest BCUT2D eigenvalue weighted by molar-refractivity contribution is -0.0930. The molecule has 140 valence electrons. The second kappa shape index (κ2) is 8.31. The molecule has 0 aromatic heterocycles. The van der Waals surface area contributed by atoms with Gasteiger partial charge in [0.2, 0.25) is 0 Å². The molecule has 2 fully saturated rings. The molecule has 2 nitrogen and oxygen atoms in total. The SMILES string of the molecule is CC(C)(C)c1ccc(OC2CCCCC2OC2CCCCC2Cl)cc1. The molecule has 1 aromatic rings. The van der Waals surface area contributed by atoms with Gasteiger partial charge in [0, 0.05) is 0 Å². The smallest absolute Gasteiger partial charge is 0.125 e. The minimum Gasteiger partial charge on any atom is -0.488 e. The molecule has 25 heavy (non-hydrogen) atoms. The Labute approximate surface area is 158 Å². The van der Waals surface area contributed by atoms with Crippen LogP contribution in [-0.2, 0) is 10.2 Å². The van der Waals surface area contributed by atoms with Crippen LogP contribution in [0.1, 0.15) is 77.7 Å². The maximum absolute atomic E-state index is 6.50. The second-order valence-corrected chi connectivity index (χ2v) is 9.29. The number of hydrogen-bond acceptors (Lipinski definition) is 2. The maximum Gasteiger partial charge on any atom is 0.125 e. The summed E-state index contributed by atoms with van der Waals surface area (Å²) in [6, 6.07) is 8.59. The lowest BCUT2D eigenvalue weighted by Crippen LogP contribution is -2.42. The van der Waals surface area contributed by atoms with Crippen LogP contribution in [0.25, 0.3) is 0 Å². The third-order valence-electron chi connectivity index (χ3n) is 5.62. The van der Waals surface area contributed by atoms with Crippen LogP contribution in [0.3, 0.4) is 0 Å². The van der Waals surface area contributed by atoms with Crippen molar-refractivity contribution in [2.24, 2.45) is 0 Å². The molecule has 2 aliphatic carbocycles. The first kappa shape index (κ1) is 19.0. The normalized spacial score (nSPS) is 30.9. The summed E-state index contributed by atoms with van der Waals surface area (Å²) in [5.74, 6) is 0.958. The zero-order valence-electron chi connectivity index (χ0n) is 16.0. The van der Waals surface area contributed by atoms with Crippen molar-refractivity contribution in [3.63, 3.8) is 0 Å². The second-order valence-electron chi connectivity index (χ2n) is 8.73. The number of ether oxygens (including phenoxy) is 2. The Morgan fingerprint density at radius 1 is 0.800 bits per heavy atom. The molecular formula is C22H33ClO2. The molecule has 2 saturated carbocycles. The van der Waals surface area contributed by atoms with Gasteiger partial charge in [0.1, 0.15) is 11.9 Å². The van der Waals surface area contributed by atoms with Crippen LogP contribution in [0.15, 0.2) is 24.3 Å². The van der Waals surface area contributed by atoms with E-state index < -0.39 is 0 Å². The number of benzene rings is 1. The molecule has 0 aliphatic heterocycles. The van der Waals surface area contributed by atoms with E-state index in [1.165, 1.54) is 31.2 Å². The highest BCUT2D eigenvalue weighted by Gasteiger charge is 2.33. The van der Waals surface area contributed by atoms with Gasteiger partial charge in [-0.15, -0.1) is 11.6 Å². The van der Waals surface area contributed by atoms with Crippen molar-refractivity contribution < 1.29 is 9.47 Å². The van der Waals surface area contributed by atoms with Gasteiger partial charge in [-0.3, -0.25) is 0 Å². The Bertz CT molecular complexity index is 534. The van der Waals surface area contributed by atoms with E-state index in [-0.39, 0.29) is 29.1 Å². The molecule has 0 radical (unpaired) electrons. The predicted octanol–water partition coefficient (Wildman–Crippen LogP) is 6.24. The van der Waals surface area contributed by atoms with Crippen LogP contribution in [0, 0.1) is 0 Å². The minimum atomic E-state index is 0.153. The average Bonchev–Trinajstić information content (AvgIpc) is 2.58. The number of hydrogen-bond donors (Lipinski definition) is 0. The van der Waals surface area contributed by atoms with Gasteiger partial charge < -0.3 is 9.47 Å². The Morgan fingerprint density at radius 3 is 1.96 bits per heavy atom. The van der Waals surface area contributed by atoms with E-state index in [2.05, 4.69) is 45.0 Å². The van der Waals surface area contributed by atoms with Crippen LogP contribution >= 0.6 is 11.6 Å². The van der Waals surface area contributed by atoms with Gasteiger partial charge >= 0.3 is 0 Å². The minimum absolute atomic E-state index is 0.153. The van der Waals surface area contributed by atoms with Gasteiger partial charge in [0.15, 0.2) is 0 Å². The molecule has 0 N–H and O–H groups in total. The first-order valence-electron chi connectivity index (χ1n) is 10.0. The lowest BCUT2D eigenvalue weighted by atomic mass is 9.87. The molecule has 0 heterocycles. The van der Waals surface area contributed by atoms with Crippen molar-refractivity contribution in [1.29, 1.82) is 0 Å². The van der Waals surface area contributed by atoms with Gasteiger partial charge in [-0.05, 0) is 55.2 Å². The van der Waals surface area contributed by atoms with Crippen LogP contribution in [0.5, 0.6) is 5.75 Å². The van der Waals surface area contributed by atoms with Crippen molar-refractivity contribution in [3.8, 4) is 5.75 Å². The summed E-state index contributed by atoms with van der Waals surface area (Å²) in [4.78, 5) is 0. The quantitative estimate of drug-likeness (QED) is 0.588. The zero-order valence-corrected chi connectivity index (χ0v) is 16.7. The Kier molecular flexibility index (Phi) is 6.33. The van der Waals surface area contributed by atoms with E-state index in [1.807, 2.05) is 0 Å². The van der Waals surface area contributed by atoms with Gasteiger partial charge in [-0.2, -0.15) is 0 Å². The fraction of sp³-hybridized carbons (Fsp3) is 0.727. The lowest BCUT2D eigenvalue weighted by Gasteiger charge is -2.37. The fourth-order valence-electron chi connectivity index (χ4n) is 3.99. The van der Waals surface area contributed by atoms with Gasteiger partial charge in [0.05, 0.1) is 17.6 Å². The highest BCUT2D eigenvalue weighted by Crippen LogP contribution is 2.32. The summed E-state index contributed by atoms with van der Waals surface area (Å²) in [6.07, 6.45) is 9.80. The molecule has 2 aliphatic rings. The fourth-order valence-corrected chi connectivity index (χ4v) is 4.33. The van der Waals surface area contributed by atoms with Crippen LogP contribution < -0.4 is 4.74 Å². The molecule has 4 unspecified atom stereocenters. The summed E-state index contributed by atoms with van der Waals surface area (Å²) in [5.41, 5.74) is 1.51. The van der Waals surface area contributed by atoms with Crippen molar-refractivity contribution in [2.45, 2.75) is 101 Å². The largest absolute Gasteiger partial charge is 0.488 e. The molecule has 1 aromatic carbocycles. The van der Waals surface area contributed by atoms with E-state index in [0.717, 1.165) is 31.4 Å². The monoisotopic (exact) mass is 364 g/mol. The molecule has 0 bridgehead atoms.